The summed E-state index contributed by atoms with van der Waals surface area (Å²) in [5.74, 6) is 0. The maximum Gasteiger partial charge on any atom is 0.0605 e. The lowest BCUT2D eigenvalue weighted by atomic mass is 10.2. The first-order chi connectivity index (χ1) is 6.92. The first-order valence-electron chi connectivity index (χ1n) is 5.20. The lowest BCUT2D eigenvalue weighted by Gasteiger charge is -2.11. The summed E-state index contributed by atoms with van der Waals surface area (Å²) in [5.41, 5.74) is 2.65. The molecule has 2 rings (SSSR count). The van der Waals surface area contributed by atoms with Gasteiger partial charge in [-0.25, -0.2) is 0 Å². The molecule has 1 aliphatic rings. The Balaban J connectivity index is 1.99. The van der Waals surface area contributed by atoms with Gasteiger partial charge in [0.1, 0.15) is 0 Å². The van der Waals surface area contributed by atoms with E-state index in [0.29, 0.717) is 6.04 Å². The maximum atomic E-state index is 4.43. The van der Waals surface area contributed by atoms with Crippen LogP contribution < -0.4 is 5.32 Å². The molecule has 2 nitrogen and oxygen atoms in total. The molecule has 14 heavy (non-hydrogen) atoms. The third-order valence-electron chi connectivity index (χ3n) is 2.70. The highest BCUT2D eigenvalue weighted by Gasteiger charge is 2.22. The number of hydrogen-bond donors (Lipinski definition) is 1. The van der Waals surface area contributed by atoms with Crippen molar-refractivity contribution in [1.82, 2.24) is 10.3 Å². The molecule has 1 aromatic rings. The second-order valence-corrected chi connectivity index (χ2v) is 3.67. The van der Waals surface area contributed by atoms with Gasteiger partial charge in [0.15, 0.2) is 0 Å². The van der Waals surface area contributed by atoms with Gasteiger partial charge in [0.05, 0.1) is 11.7 Å². The van der Waals surface area contributed by atoms with Crippen molar-refractivity contribution in [2.24, 2.45) is 0 Å². The third-order valence-corrected chi connectivity index (χ3v) is 2.70. The van der Waals surface area contributed by atoms with Crippen molar-refractivity contribution in [1.29, 1.82) is 0 Å². The minimum Gasteiger partial charge on any atom is -0.308 e. The molecule has 2 heteroatoms. The molecule has 1 aliphatic carbocycles. The molecular weight excluding hydrogens is 172 g/mol. The number of rotatable bonds is 4. The van der Waals surface area contributed by atoms with Gasteiger partial charge in [-0.1, -0.05) is 12.1 Å². The summed E-state index contributed by atoms with van der Waals surface area (Å²) in [6.07, 6.45) is 7.20. The average Bonchev–Trinajstić information content (AvgIpc) is 2.63. The van der Waals surface area contributed by atoms with Crippen LogP contribution in [0.4, 0.5) is 0 Å². The molecule has 0 bridgehead atoms. The van der Waals surface area contributed by atoms with Crippen molar-refractivity contribution in [3.8, 4) is 0 Å². The molecule has 74 valence electrons. The van der Waals surface area contributed by atoms with Gasteiger partial charge < -0.3 is 5.32 Å². The summed E-state index contributed by atoms with van der Waals surface area (Å²) >= 11 is 0. The number of aryl methyl sites for hydroxylation is 1. The standard InChI is InChI=1S/C12H16N2/c1-2-3-8-13-11-7-6-10-5-4-9-14-12(10)11/h2,4-5,9,11,13H,1,3,6-8H2. The highest BCUT2D eigenvalue weighted by Crippen LogP contribution is 2.28. The smallest absolute Gasteiger partial charge is 0.0605 e. The Hall–Kier alpha value is -1.15. The largest absolute Gasteiger partial charge is 0.308 e. The van der Waals surface area contributed by atoms with Gasteiger partial charge in [-0.05, 0) is 37.4 Å². The van der Waals surface area contributed by atoms with Gasteiger partial charge in [-0.3, -0.25) is 4.98 Å². The Morgan fingerprint density at radius 3 is 3.43 bits per heavy atom. The van der Waals surface area contributed by atoms with Crippen LogP contribution in [0.3, 0.4) is 0 Å². The van der Waals surface area contributed by atoms with Crippen LogP contribution in [0.15, 0.2) is 31.0 Å². The lowest BCUT2D eigenvalue weighted by molar-refractivity contribution is 0.528. The van der Waals surface area contributed by atoms with E-state index in [1.807, 2.05) is 18.3 Å². The second kappa shape index (κ2) is 4.38. The summed E-state index contributed by atoms with van der Waals surface area (Å²) in [6, 6.07) is 4.66. The zero-order chi connectivity index (χ0) is 9.80. The fourth-order valence-corrected chi connectivity index (χ4v) is 1.97. The summed E-state index contributed by atoms with van der Waals surface area (Å²) < 4.78 is 0. The molecule has 0 aliphatic heterocycles. The fraction of sp³-hybridized carbons (Fsp3) is 0.417. The lowest BCUT2D eigenvalue weighted by Crippen LogP contribution is -2.20. The highest BCUT2D eigenvalue weighted by molar-refractivity contribution is 5.27. The summed E-state index contributed by atoms with van der Waals surface area (Å²) in [7, 11) is 0. The van der Waals surface area contributed by atoms with E-state index < -0.39 is 0 Å². The minimum atomic E-state index is 0.464. The number of nitrogens with zero attached hydrogens (tertiary/aromatic N) is 1. The van der Waals surface area contributed by atoms with Crippen LogP contribution >= 0.6 is 0 Å². The van der Waals surface area contributed by atoms with Crippen LogP contribution in [0, 0.1) is 0 Å². The first kappa shape index (κ1) is 9.41. The molecular formula is C12H16N2. The molecule has 0 fully saturated rings. The van der Waals surface area contributed by atoms with Crippen molar-refractivity contribution in [2.75, 3.05) is 6.54 Å². The van der Waals surface area contributed by atoms with Crippen molar-refractivity contribution in [3.63, 3.8) is 0 Å². The molecule has 0 saturated carbocycles. The molecule has 0 saturated heterocycles. The maximum absolute atomic E-state index is 4.43. The first-order valence-corrected chi connectivity index (χ1v) is 5.20. The van der Waals surface area contributed by atoms with E-state index in [1.54, 1.807) is 0 Å². The SMILES string of the molecule is C=CCCNC1CCc2cccnc21. The molecule has 1 aromatic heterocycles. The van der Waals surface area contributed by atoms with E-state index >= 15 is 0 Å². The van der Waals surface area contributed by atoms with E-state index in [-0.39, 0.29) is 0 Å². The normalized spacial score (nSPS) is 19.3. The molecule has 0 aromatic carbocycles. The second-order valence-electron chi connectivity index (χ2n) is 3.67. The topological polar surface area (TPSA) is 24.9 Å². The molecule has 1 N–H and O–H groups in total. The minimum absolute atomic E-state index is 0.464. The van der Waals surface area contributed by atoms with Crippen LogP contribution in [0.5, 0.6) is 0 Å². The van der Waals surface area contributed by atoms with Crippen molar-refractivity contribution < 1.29 is 0 Å². The summed E-state index contributed by atoms with van der Waals surface area (Å²) in [4.78, 5) is 4.43. The van der Waals surface area contributed by atoms with Crippen molar-refractivity contribution in [2.45, 2.75) is 25.3 Å². The predicted molar refractivity (Wildman–Crippen MR) is 58.1 cm³/mol. The quantitative estimate of drug-likeness (QED) is 0.579. The van der Waals surface area contributed by atoms with Crippen LogP contribution in [0.1, 0.15) is 30.1 Å². The van der Waals surface area contributed by atoms with E-state index in [2.05, 4.69) is 22.9 Å². The van der Waals surface area contributed by atoms with E-state index in [9.17, 15) is 0 Å². The van der Waals surface area contributed by atoms with Crippen molar-refractivity contribution in [3.05, 3.63) is 42.2 Å². The molecule has 0 radical (unpaired) electrons. The number of hydrogen-bond acceptors (Lipinski definition) is 2. The monoisotopic (exact) mass is 188 g/mol. The zero-order valence-electron chi connectivity index (χ0n) is 8.37. The van der Waals surface area contributed by atoms with Crippen LogP contribution in [0.2, 0.25) is 0 Å². The van der Waals surface area contributed by atoms with Gasteiger partial charge in [0, 0.05) is 6.20 Å². The van der Waals surface area contributed by atoms with Crippen molar-refractivity contribution >= 4 is 0 Å². The third kappa shape index (κ3) is 1.85. The van der Waals surface area contributed by atoms with Crippen LogP contribution in [-0.4, -0.2) is 11.5 Å². The van der Waals surface area contributed by atoms with Gasteiger partial charge in [0.25, 0.3) is 0 Å². The van der Waals surface area contributed by atoms with E-state index in [1.165, 1.54) is 17.7 Å². The van der Waals surface area contributed by atoms with Gasteiger partial charge in [0.2, 0.25) is 0 Å². The number of aromatic nitrogens is 1. The Morgan fingerprint density at radius 1 is 1.64 bits per heavy atom. The van der Waals surface area contributed by atoms with Gasteiger partial charge in [-0.15, -0.1) is 6.58 Å². The number of nitrogens with one attached hydrogen (secondary N) is 1. The summed E-state index contributed by atoms with van der Waals surface area (Å²) in [5, 5.41) is 3.50. The van der Waals surface area contributed by atoms with Gasteiger partial charge >= 0.3 is 0 Å². The van der Waals surface area contributed by atoms with E-state index in [4.69, 9.17) is 0 Å². The van der Waals surface area contributed by atoms with E-state index in [0.717, 1.165) is 19.4 Å². The average molecular weight is 188 g/mol. The molecule has 1 heterocycles. The molecule has 0 spiro atoms. The van der Waals surface area contributed by atoms with Gasteiger partial charge in [-0.2, -0.15) is 0 Å². The molecule has 1 unspecified atom stereocenters. The fourth-order valence-electron chi connectivity index (χ4n) is 1.97. The predicted octanol–water partition coefficient (Wildman–Crippen LogP) is 2.23. The zero-order valence-corrected chi connectivity index (χ0v) is 8.37. The Bertz CT molecular complexity index is 320. The number of pyridine rings is 1. The van der Waals surface area contributed by atoms with Crippen LogP contribution in [0.25, 0.3) is 0 Å². The van der Waals surface area contributed by atoms with Crippen LogP contribution in [-0.2, 0) is 6.42 Å². The highest BCUT2D eigenvalue weighted by atomic mass is 14.9. The molecule has 1 atom stereocenters. The molecule has 0 amide bonds. The summed E-state index contributed by atoms with van der Waals surface area (Å²) in [6.45, 7) is 4.72. The Labute approximate surface area is 85.1 Å². The number of fused-ring (bicyclic) bond motifs is 1. The Kier molecular flexibility index (Phi) is 2.94. The Morgan fingerprint density at radius 2 is 2.57 bits per heavy atom.